The van der Waals surface area contributed by atoms with Crippen molar-refractivity contribution in [1.29, 1.82) is 0 Å². The van der Waals surface area contributed by atoms with Crippen LogP contribution < -0.4 is 18.9 Å². The van der Waals surface area contributed by atoms with E-state index >= 15 is 0 Å². The van der Waals surface area contributed by atoms with Crippen LogP contribution in [0.3, 0.4) is 0 Å². The third kappa shape index (κ3) is 9.03. The largest absolute Gasteiger partial charge is 0.508 e. The molecule has 284 valence electrons. The number of rotatable bonds is 16. The second kappa shape index (κ2) is 16.5. The van der Waals surface area contributed by atoms with Gasteiger partial charge < -0.3 is 29.2 Å². The molecule has 0 fully saturated rings. The van der Waals surface area contributed by atoms with E-state index in [-0.39, 0.29) is 78.8 Å². The first-order chi connectivity index (χ1) is 26.4. The zero-order chi connectivity index (χ0) is 39.1. The monoisotopic (exact) mass is 802 g/mol. The molecule has 0 atom stereocenters. The number of hydrogen-bond acceptors (Lipinski definition) is 12. The van der Waals surface area contributed by atoms with Gasteiger partial charge in [-0.2, -0.15) is 0 Å². The van der Waals surface area contributed by atoms with Crippen LogP contribution in [0.15, 0.2) is 175 Å². The molecule has 2 N–H and O–H groups in total. The molecule has 0 amide bonds. The van der Waals surface area contributed by atoms with Gasteiger partial charge in [0, 0.05) is 0 Å². The number of phenolic OH excluding ortho intramolecular Hbond substituents is 2. The lowest BCUT2D eigenvalue weighted by atomic mass is 10.3. The van der Waals surface area contributed by atoms with Crippen LogP contribution in [0.2, 0.25) is 0 Å². The number of aromatic hydroxyl groups is 2. The summed E-state index contributed by atoms with van der Waals surface area (Å²) < 4.78 is 102. The van der Waals surface area contributed by atoms with Crippen LogP contribution in [0.1, 0.15) is 0 Å². The molecule has 0 radical (unpaired) electrons. The second-order valence-corrected chi connectivity index (χ2v) is 17.5. The topological polar surface area (TPSA) is 180 Å². The molecular weight excluding hydrogens is 769 g/mol. The van der Waals surface area contributed by atoms with E-state index in [4.69, 9.17) is 18.9 Å². The molecule has 12 nitrogen and oxygen atoms in total. The summed E-state index contributed by atoms with van der Waals surface area (Å²) in [6.07, 6.45) is 0. The first-order valence-electron chi connectivity index (χ1n) is 16.6. The summed E-state index contributed by atoms with van der Waals surface area (Å²) >= 11 is 0. The Kier molecular flexibility index (Phi) is 11.6. The van der Waals surface area contributed by atoms with Crippen LogP contribution in [0.4, 0.5) is 0 Å². The Morgan fingerprint density at radius 2 is 0.636 bits per heavy atom. The van der Waals surface area contributed by atoms with Gasteiger partial charge in [-0.1, -0.05) is 24.3 Å². The zero-order valence-electron chi connectivity index (χ0n) is 28.9. The molecule has 0 unspecified atom stereocenters. The van der Waals surface area contributed by atoms with Gasteiger partial charge in [-0.05, 0) is 121 Å². The summed E-state index contributed by atoms with van der Waals surface area (Å²) in [5, 5.41) is 19.0. The molecule has 0 saturated carbocycles. The lowest BCUT2D eigenvalue weighted by Gasteiger charge is -2.13. The third-order valence-corrected chi connectivity index (χ3v) is 13.5. The molecule has 6 aromatic carbocycles. The van der Waals surface area contributed by atoms with Gasteiger partial charge in [0.15, 0.2) is 0 Å². The maximum atomic E-state index is 13.3. The molecular formula is C40H34O12S3. The molecule has 6 aromatic rings. The molecule has 0 aliphatic rings. The van der Waals surface area contributed by atoms with Crippen molar-refractivity contribution in [1.82, 2.24) is 0 Å². The van der Waals surface area contributed by atoms with Crippen LogP contribution >= 0.6 is 0 Å². The van der Waals surface area contributed by atoms with Crippen molar-refractivity contribution in [3.63, 3.8) is 0 Å². The van der Waals surface area contributed by atoms with Gasteiger partial charge >= 0.3 is 0 Å². The first kappa shape index (κ1) is 38.7. The maximum absolute atomic E-state index is 13.3. The Balaban J connectivity index is 0.994. The van der Waals surface area contributed by atoms with Gasteiger partial charge in [-0.25, -0.2) is 25.3 Å². The number of ether oxygens (including phenoxy) is 4. The smallest absolute Gasteiger partial charge is 0.210 e. The van der Waals surface area contributed by atoms with Crippen LogP contribution in [0.5, 0.6) is 34.5 Å². The molecule has 0 aliphatic heterocycles. The van der Waals surface area contributed by atoms with Crippen LogP contribution in [0.25, 0.3) is 0 Å². The molecule has 0 heterocycles. The van der Waals surface area contributed by atoms with Crippen molar-refractivity contribution in [2.24, 2.45) is 0 Å². The van der Waals surface area contributed by atoms with Crippen LogP contribution in [-0.4, -0.2) is 61.9 Å². The molecule has 15 heteroatoms. The van der Waals surface area contributed by atoms with E-state index in [1.807, 2.05) is 0 Å². The van der Waals surface area contributed by atoms with E-state index < -0.39 is 29.5 Å². The fourth-order valence-electron chi connectivity index (χ4n) is 5.28. The standard InChI is InChI=1S/C40H34O12S3/c41-29-9-17-35(18-10-29)54(45,46)39-7-3-1-5-37(39)51-27-25-49-31-13-21-33(22-14-31)53(43,44)34-23-15-32(16-24-34)50-26-28-52-38-6-2-4-8-40(38)55(47,48)36-19-11-30(42)12-20-36/h1-24,41-42H,25-28H2. The fourth-order valence-corrected chi connectivity index (χ4v) is 9.33. The van der Waals surface area contributed by atoms with E-state index in [1.165, 1.54) is 121 Å². The van der Waals surface area contributed by atoms with Crippen LogP contribution in [0, 0.1) is 0 Å². The minimum atomic E-state index is -3.92. The molecule has 55 heavy (non-hydrogen) atoms. The number of para-hydroxylation sites is 2. The van der Waals surface area contributed by atoms with Gasteiger partial charge in [0.25, 0.3) is 0 Å². The summed E-state index contributed by atoms with van der Waals surface area (Å²) in [7, 11) is -11.7. The lowest BCUT2D eigenvalue weighted by Crippen LogP contribution is -2.12. The third-order valence-electron chi connectivity index (χ3n) is 8.06. The van der Waals surface area contributed by atoms with Crippen molar-refractivity contribution < 1.29 is 54.4 Å². The molecule has 0 bridgehead atoms. The summed E-state index contributed by atoms with van der Waals surface area (Å²) in [6, 6.07) is 34.4. The summed E-state index contributed by atoms with van der Waals surface area (Å²) in [6.45, 7) is 0.0765. The fraction of sp³-hybridized carbons (Fsp3) is 0.100. The van der Waals surface area contributed by atoms with Crippen molar-refractivity contribution in [3.8, 4) is 34.5 Å². The minimum absolute atomic E-state index is 0.00107. The van der Waals surface area contributed by atoms with Crippen molar-refractivity contribution in [3.05, 3.63) is 146 Å². The SMILES string of the molecule is O=S(=O)(c1ccc(OCCOc2ccccc2S(=O)(=O)c2ccc(O)cc2)cc1)c1ccc(OCCOc2ccccc2S(=O)(=O)c2ccc(O)cc2)cc1. The number of benzene rings is 6. The number of phenols is 2. The van der Waals surface area contributed by atoms with E-state index in [9.17, 15) is 35.5 Å². The Morgan fingerprint density at radius 3 is 1.00 bits per heavy atom. The number of hydrogen-bond donors (Lipinski definition) is 2. The average Bonchev–Trinajstić information content (AvgIpc) is 3.19. The normalized spacial score (nSPS) is 11.8. The van der Waals surface area contributed by atoms with Crippen molar-refractivity contribution >= 4 is 29.5 Å². The quantitative estimate of drug-likeness (QED) is 0.102. The van der Waals surface area contributed by atoms with Crippen molar-refractivity contribution in [2.75, 3.05) is 26.4 Å². The Bertz CT molecular complexity index is 2400. The summed E-state index contributed by atoms with van der Waals surface area (Å²) in [5.41, 5.74) is 0. The predicted octanol–water partition coefficient (Wildman–Crippen LogP) is 6.51. The average molecular weight is 803 g/mol. The Labute approximate surface area is 318 Å². The first-order valence-corrected chi connectivity index (χ1v) is 21.0. The highest BCUT2D eigenvalue weighted by atomic mass is 32.2. The highest BCUT2D eigenvalue weighted by molar-refractivity contribution is 7.92. The number of sulfone groups is 3. The summed E-state index contributed by atoms with van der Waals surface area (Å²) in [4.78, 5) is -0.00212. The van der Waals surface area contributed by atoms with E-state index in [2.05, 4.69) is 0 Å². The summed E-state index contributed by atoms with van der Waals surface area (Å²) in [5.74, 6) is 0.897. The van der Waals surface area contributed by atoms with Gasteiger partial charge in [0.2, 0.25) is 29.5 Å². The molecule has 0 saturated heterocycles. The molecule has 6 rings (SSSR count). The minimum Gasteiger partial charge on any atom is -0.508 e. The molecule has 0 aliphatic carbocycles. The second-order valence-electron chi connectivity index (χ2n) is 11.7. The van der Waals surface area contributed by atoms with E-state index in [0.717, 1.165) is 0 Å². The van der Waals surface area contributed by atoms with E-state index in [0.29, 0.717) is 11.5 Å². The van der Waals surface area contributed by atoms with Gasteiger partial charge in [-0.15, -0.1) is 0 Å². The Hall–Kier alpha value is -6.03. The zero-order valence-corrected chi connectivity index (χ0v) is 31.3. The van der Waals surface area contributed by atoms with Crippen LogP contribution in [-0.2, 0) is 29.5 Å². The van der Waals surface area contributed by atoms with Crippen molar-refractivity contribution in [2.45, 2.75) is 29.4 Å². The molecule has 0 spiro atoms. The molecule has 0 aromatic heterocycles. The lowest BCUT2D eigenvalue weighted by molar-refractivity contribution is 0.213. The highest BCUT2D eigenvalue weighted by Crippen LogP contribution is 2.32. The van der Waals surface area contributed by atoms with E-state index in [1.54, 1.807) is 24.3 Å². The van der Waals surface area contributed by atoms with Gasteiger partial charge in [-0.3, -0.25) is 0 Å². The Morgan fingerprint density at radius 1 is 0.345 bits per heavy atom. The van der Waals surface area contributed by atoms with Gasteiger partial charge in [0.05, 0.1) is 19.6 Å². The maximum Gasteiger partial charge on any atom is 0.210 e. The van der Waals surface area contributed by atoms with Gasteiger partial charge in [0.1, 0.15) is 70.7 Å². The highest BCUT2D eigenvalue weighted by Gasteiger charge is 2.24. The predicted molar refractivity (Wildman–Crippen MR) is 200 cm³/mol.